The number of aromatic carboxylic acids is 1. The molecule has 0 aliphatic rings. The lowest BCUT2D eigenvalue weighted by atomic mass is 10.1. The third kappa shape index (κ3) is 2.52. The van der Waals surface area contributed by atoms with Gasteiger partial charge < -0.3 is 9.67 Å². The largest absolute Gasteiger partial charge is 0.477 e. The fraction of sp³-hybridized carbons (Fsp3) is 0.267. The van der Waals surface area contributed by atoms with Gasteiger partial charge in [-0.15, -0.1) is 0 Å². The smallest absolute Gasteiger partial charge is 0.352 e. The Hall–Kier alpha value is -2.10. The van der Waals surface area contributed by atoms with Crippen LogP contribution in [-0.4, -0.2) is 15.6 Å². The van der Waals surface area contributed by atoms with Gasteiger partial charge in [0.05, 0.1) is 0 Å². The van der Waals surface area contributed by atoms with Crippen LogP contribution < -0.4 is 0 Å². The van der Waals surface area contributed by atoms with E-state index in [1.54, 1.807) is 22.8 Å². The van der Waals surface area contributed by atoms with Crippen LogP contribution in [0.1, 0.15) is 29.4 Å². The van der Waals surface area contributed by atoms with Crippen molar-refractivity contribution in [2.24, 2.45) is 0 Å². The van der Waals surface area contributed by atoms with E-state index in [2.05, 4.69) is 0 Å². The predicted octanol–water partition coefficient (Wildman–Crippen LogP) is 3.71. The van der Waals surface area contributed by atoms with Crippen LogP contribution in [0.15, 0.2) is 30.3 Å². The Morgan fingerprint density at radius 2 is 2.05 bits per heavy atom. The number of aryl methyl sites for hydroxylation is 1. The Kier molecular flexibility index (Phi) is 3.69. The summed E-state index contributed by atoms with van der Waals surface area (Å²) < 4.78 is 14.9. The minimum Gasteiger partial charge on any atom is -0.477 e. The van der Waals surface area contributed by atoms with E-state index in [-0.39, 0.29) is 11.5 Å². The Morgan fingerprint density at radius 1 is 1.32 bits per heavy atom. The standard InChI is InChI=1S/C15H16FNO2/c1-3-8-17-13(6-7-14(17)15(18)19)12-5-4-11(16)9-10(12)2/h4-7,9H,3,8H2,1-2H3,(H,18,19). The van der Waals surface area contributed by atoms with E-state index >= 15 is 0 Å². The number of rotatable bonds is 4. The van der Waals surface area contributed by atoms with Crippen LogP contribution in [0.4, 0.5) is 4.39 Å². The van der Waals surface area contributed by atoms with Gasteiger partial charge in [-0.2, -0.15) is 0 Å². The zero-order valence-electron chi connectivity index (χ0n) is 11.0. The Morgan fingerprint density at radius 3 is 2.63 bits per heavy atom. The molecule has 4 heteroatoms. The van der Waals surface area contributed by atoms with Crippen molar-refractivity contribution in [1.29, 1.82) is 0 Å². The highest BCUT2D eigenvalue weighted by Gasteiger charge is 2.15. The highest BCUT2D eigenvalue weighted by molar-refractivity contribution is 5.87. The van der Waals surface area contributed by atoms with Crippen molar-refractivity contribution < 1.29 is 14.3 Å². The first kappa shape index (κ1) is 13.3. The van der Waals surface area contributed by atoms with Gasteiger partial charge in [-0.25, -0.2) is 9.18 Å². The van der Waals surface area contributed by atoms with Gasteiger partial charge in [0.2, 0.25) is 0 Å². The second kappa shape index (κ2) is 5.26. The minimum absolute atomic E-state index is 0.264. The molecule has 0 bridgehead atoms. The maximum absolute atomic E-state index is 13.1. The molecule has 2 aromatic rings. The van der Waals surface area contributed by atoms with Crippen LogP contribution in [0, 0.1) is 12.7 Å². The molecule has 1 N–H and O–H groups in total. The molecule has 3 nitrogen and oxygen atoms in total. The van der Waals surface area contributed by atoms with Crippen LogP contribution in [0.2, 0.25) is 0 Å². The van der Waals surface area contributed by atoms with E-state index in [1.165, 1.54) is 12.1 Å². The zero-order valence-corrected chi connectivity index (χ0v) is 11.0. The van der Waals surface area contributed by atoms with Gasteiger partial charge in [-0.3, -0.25) is 0 Å². The van der Waals surface area contributed by atoms with Crippen molar-refractivity contribution in [2.45, 2.75) is 26.8 Å². The Labute approximate surface area is 111 Å². The molecule has 0 saturated heterocycles. The summed E-state index contributed by atoms with van der Waals surface area (Å²) in [6.07, 6.45) is 0.836. The van der Waals surface area contributed by atoms with E-state index in [4.69, 9.17) is 0 Å². The molecule has 19 heavy (non-hydrogen) atoms. The summed E-state index contributed by atoms with van der Waals surface area (Å²) in [5.74, 6) is -1.23. The van der Waals surface area contributed by atoms with Crippen molar-refractivity contribution in [3.8, 4) is 11.3 Å². The molecule has 0 spiro atoms. The normalized spacial score (nSPS) is 10.7. The monoisotopic (exact) mass is 261 g/mol. The van der Waals surface area contributed by atoms with Gasteiger partial charge in [0.15, 0.2) is 0 Å². The molecular weight excluding hydrogens is 245 g/mol. The van der Waals surface area contributed by atoms with E-state index < -0.39 is 5.97 Å². The number of halogens is 1. The van der Waals surface area contributed by atoms with Crippen molar-refractivity contribution in [3.63, 3.8) is 0 Å². The van der Waals surface area contributed by atoms with Crippen molar-refractivity contribution in [3.05, 3.63) is 47.4 Å². The SMILES string of the molecule is CCCn1c(C(=O)O)ccc1-c1ccc(F)cc1C. The number of nitrogens with zero attached hydrogens (tertiary/aromatic N) is 1. The number of carboxylic acids is 1. The van der Waals surface area contributed by atoms with Crippen molar-refractivity contribution >= 4 is 5.97 Å². The van der Waals surface area contributed by atoms with Gasteiger partial charge in [0, 0.05) is 17.8 Å². The number of hydrogen-bond donors (Lipinski definition) is 1. The van der Waals surface area contributed by atoms with E-state index in [0.29, 0.717) is 6.54 Å². The van der Waals surface area contributed by atoms with Crippen molar-refractivity contribution in [2.75, 3.05) is 0 Å². The molecule has 2 rings (SSSR count). The number of hydrogen-bond acceptors (Lipinski definition) is 1. The average Bonchev–Trinajstić information content (AvgIpc) is 2.73. The fourth-order valence-electron chi connectivity index (χ4n) is 2.27. The lowest BCUT2D eigenvalue weighted by Crippen LogP contribution is -2.09. The van der Waals surface area contributed by atoms with E-state index in [9.17, 15) is 14.3 Å². The lowest BCUT2D eigenvalue weighted by Gasteiger charge is -2.12. The molecule has 100 valence electrons. The van der Waals surface area contributed by atoms with Crippen LogP contribution in [-0.2, 0) is 6.54 Å². The summed E-state index contributed by atoms with van der Waals surface area (Å²) >= 11 is 0. The molecule has 0 amide bonds. The average molecular weight is 261 g/mol. The topological polar surface area (TPSA) is 42.2 Å². The molecule has 0 radical (unpaired) electrons. The molecule has 0 saturated carbocycles. The summed E-state index contributed by atoms with van der Waals surface area (Å²) in [6.45, 7) is 4.44. The number of carbonyl (C=O) groups is 1. The minimum atomic E-state index is -0.945. The second-order valence-electron chi connectivity index (χ2n) is 4.52. The fourth-order valence-corrected chi connectivity index (χ4v) is 2.27. The maximum atomic E-state index is 13.1. The summed E-state index contributed by atoms with van der Waals surface area (Å²) in [4.78, 5) is 11.2. The molecular formula is C15H16FNO2. The first-order valence-electron chi connectivity index (χ1n) is 6.24. The van der Waals surface area contributed by atoms with Crippen LogP contribution in [0.5, 0.6) is 0 Å². The highest BCUT2D eigenvalue weighted by atomic mass is 19.1. The maximum Gasteiger partial charge on any atom is 0.352 e. The lowest BCUT2D eigenvalue weighted by molar-refractivity contribution is 0.0685. The first-order valence-corrected chi connectivity index (χ1v) is 6.24. The summed E-state index contributed by atoms with van der Waals surface area (Å²) in [5, 5.41) is 9.19. The number of carboxylic acid groups (broad SMARTS) is 1. The molecule has 1 aromatic carbocycles. The molecule has 0 aliphatic carbocycles. The van der Waals surface area contributed by atoms with Crippen LogP contribution >= 0.6 is 0 Å². The third-order valence-corrected chi connectivity index (χ3v) is 3.11. The van der Waals surface area contributed by atoms with Gasteiger partial charge in [-0.1, -0.05) is 6.92 Å². The summed E-state index contributed by atoms with van der Waals surface area (Å²) in [5.41, 5.74) is 2.74. The van der Waals surface area contributed by atoms with Gasteiger partial charge in [0.25, 0.3) is 0 Å². The van der Waals surface area contributed by atoms with Gasteiger partial charge in [0.1, 0.15) is 11.5 Å². The quantitative estimate of drug-likeness (QED) is 0.911. The van der Waals surface area contributed by atoms with Gasteiger partial charge >= 0.3 is 5.97 Å². The molecule has 1 aromatic heterocycles. The van der Waals surface area contributed by atoms with Gasteiger partial charge in [-0.05, 0) is 49.2 Å². The summed E-state index contributed by atoms with van der Waals surface area (Å²) in [6, 6.07) is 7.92. The molecule has 0 aliphatic heterocycles. The third-order valence-electron chi connectivity index (χ3n) is 3.11. The number of aromatic nitrogens is 1. The first-order chi connectivity index (χ1) is 9.04. The van der Waals surface area contributed by atoms with E-state index in [0.717, 1.165) is 23.2 Å². The van der Waals surface area contributed by atoms with Crippen LogP contribution in [0.25, 0.3) is 11.3 Å². The zero-order chi connectivity index (χ0) is 14.0. The Balaban J connectivity index is 2.58. The Bertz CT molecular complexity index is 617. The molecule has 1 heterocycles. The molecule has 0 atom stereocenters. The highest BCUT2D eigenvalue weighted by Crippen LogP contribution is 2.27. The second-order valence-corrected chi connectivity index (χ2v) is 4.52. The summed E-state index contributed by atoms with van der Waals surface area (Å²) in [7, 11) is 0. The number of benzene rings is 1. The molecule has 0 unspecified atom stereocenters. The van der Waals surface area contributed by atoms with E-state index in [1.807, 2.05) is 13.8 Å². The molecule has 0 fully saturated rings. The van der Waals surface area contributed by atoms with Crippen molar-refractivity contribution in [1.82, 2.24) is 4.57 Å². The van der Waals surface area contributed by atoms with Crippen LogP contribution in [0.3, 0.4) is 0 Å². The predicted molar refractivity (Wildman–Crippen MR) is 71.8 cm³/mol.